The zero-order valence-electron chi connectivity index (χ0n) is 12.6. The molecule has 1 aromatic rings. The van der Waals surface area contributed by atoms with Gasteiger partial charge in [0, 0.05) is 24.2 Å². The fraction of sp³-hybridized carbons (Fsp3) is 0.500. The smallest absolute Gasteiger partial charge is 0.377 e. The summed E-state index contributed by atoms with van der Waals surface area (Å²) >= 11 is 0. The number of alkyl halides is 3. The van der Waals surface area contributed by atoms with Crippen molar-refractivity contribution >= 4 is 17.3 Å². The van der Waals surface area contributed by atoms with Crippen LogP contribution in [0.3, 0.4) is 0 Å². The second-order valence-electron chi connectivity index (χ2n) is 5.33. The van der Waals surface area contributed by atoms with E-state index in [1.54, 1.807) is 0 Å². The van der Waals surface area contributed by atoms with E-state index in [0.717, 1.165) is 18.9 Å². The Balaban J connectivity index is 1.89. The van der Waals surface area contributed by atoms with Crippen molar-refractivity contribution in [1.29, 1.82) is 0 Å². The molecular weight excluding hydrogens is 331 g/mol. The van der Waals surface area contributed by atoms with Gasteiger partial charge in [0.1, 0.15) is 12.3 Å². The van der Waals surface area contributed by atoms with Crippen LogP contribution in [-0.2, 0) is 4.74 Å². The number of nitro groups is 1. The second-order valence-corrected chi connectivity index (χ2v) is 5.33. The van der Waals surface area contributed by atoms with Crippen molar-refractivity contribution < 1.29 is 27.6 Å². The minimum Gasteiger partial charge on any atom is -0.377 e. The quantitative estimate of drug-likeness (QED) is 0.428. The van der Waals surface area contributed by atoms with Crippen LogP contribution < -0.4 is 10.6 Å². The van der Waals surface area contributed by atoms with Gasteiger partial charge >= 0.3 is 6.18 Å². The molecular formula is C14H16F3N3O4. The number of benzene rings is 1. The van der Waals surface area contributed by atoms with E-state index in [1.165, 1.54) is 12.1 Å². The Hall–Kier alpha value is -2.36. The third-order valence-electron chi connectivity index (χ3n) is 3.19. The molecule has 0 saturated heterocycles. The van der Waals surface area contributed by atoms with E-state index in [1.807, 2.05) is 0 Å². The number of nitrogens with one attached hydrogen (secondary N) is 2. The molecule has 10 heteroatoms. The maximum absolute atomic E-state index is 11.9. The van der Waals surface area contributed by atoms with E-state index in [9.17, 15) is 28.1 Å². The highest BCUT2D eigenvalue weighted by atomic mass is 19.4. The van der Waals surface area contributed by atoms with Crippen LogP contribution >= 0.6 is 0 Å². The van der Waals surface area contributed by atoms with Crippen molar-refractivity contribution in [2.75, 3.05) is 25.1 Å². The van der Waals surface area contributed by atoms with Gasteiger partial charge < -0.3 is 15.4 Å². The number of carbonyl (C=O) groups excluding carboxylic acids is 1. The summed E-state index contributed by atoms with van der Waals surface area (Å²) in [4.78, 5) is 22.4. The summed E-state index contributed by atoms with van der Waals surface area (Å²) in [5.74, 6) is -0.619. The lowest BCUT2D eigenvalue weighted by atomic mass is 10.1. The maximum Gasteiger partial charge on any atom is 0.411 e. The summed E-state index contributed by atoms with van der Waals surface area (Å²) in [6, 6.07) is 4.22. The fourth-order valence-corrected chi connectivity index (χ4v) is 1.92. The van der Waals surface area contributed by atoms with Crippen LogP contribution in [0.5, 0.6) is 0 Å². The van der Waals surface area contributed by atoms with Gasteiger partial charge in [0.05, 0.1) is 11.5 Å². The number of anilines is 1. The number of ether oxygens (including phenoxy) is 1. The van der Waals surface area contributed by atoms with Gasteiger partial charge in [0.15, 0.2) is 0 Å². The van der Waals surface area contributed by atoms with Gasteiger partial charge in [-0.25, -0.2) is 0 Å². The summed E-state index contributed by atoms with van der Waals surface area (Å²) in [5, 5.41) is 16.5. The zero-order valence-corrected chi connectivity index (χ0v) is 12.6. The predicted octanol–water partition coefficient (Wildman–Crippen LogP) is 2.48. The molecule has 1 aliphatic carbocycles. The average Bonchev–Trinajstić information content (AvgIpc) is 3.29. The molecule has 0 unspecified atom stereocenters. The molecule has 0 heterocycles. The normalized spacial score (nSPS) is 14.3. The SMILES string of the molecule is O=C(NCCOCC(F)(F)F)c1ccc(NC2CC2)c([N+](=O)[O-])c1. The van der Waals surface area contributed by atoms with Crippen molar-refractivity contribution in [1.82, 2.24) is 5.32 Å². The standard InChI is InChI=1S/C14H16F3N3O4/c15-14(16,17)8-24-6-5-18-13(21)9-1-4-11(19-10-2-3-10)12(7-9)20(22)23/h1,4,7,10,19H,2-3,5-6,8H2,(H,18,21). The van der Waals surface area contributed by atoms with Crippen LogP contribution in [0.1, 0.15) is 23.2 Å². The highest BCUT2D eigenvalue weighted by Gasteiger charge is 2.27. The monoisotopic (exact) mass is 347 g/mol. The summed E-state index contributed by atoms with van der Waals surface area (Å²) < 4.78 is 40.0. The first-order chi connectivity index (χ1) is 11.3. The Labute approximate surface area is 135 Å². The molecule has 0 aliphatic heterocycles. The van der Waals surface area contributed by atoms with Crippen LogP contribution in [0.2, 0.25) is 0 Å². The molecule has 1 saturated carbocycles. The number of halogens is 3. The molecule has 1 amide bonds. The van der Waals surface area contributed by atoms with Crippen LogP contribution in [0.4, 0.5) is 24.5 Å². The van der Waals surface area contributed by atoms with Gasteiger partial charge in [-0.3, -0.25) is 14.9 Å². The summed E-state index contributed by atoms with van der Waals surface area (Å²) in [6.07, 6.45) is -2.54. The van der Waals surface area contributed by atoms with Crippen LogP contribution in [0.25, 0.3) is 0 Å². The van der Waals surface area contributed by atoms with E-state index in [0.29, 0.717) is 5.69 Å². The molecule has 2 rings (SSSR count). The molecule has 2 N–H and O–H groups in total. The number of hydrogen-bond donors (Lipinski definition) is 2. The van der Waals surface area contributed by atoms with Crippen molar-refractivity contribution in [2.24, 2.45) is 0 Å². The lowest BCUT2D eigenvalue weighted by Crippen LogP contribution is -2.29. The first-order valence-electron chi connectivity index (χ1n) is 7.24. The third-order valence-corrected chi connectivity index (χ3v) is 3.19. The number of nitrogens with zero attached hydrogens (tertiary/aromatic N) is 1. The van der Waals surface area contributed by atoms with Crippen LogP contribution in [-0.4, -0.2) is 42.8 Å². The molecule has 0 aromatic heterocycles. The largest absolute Gasteiger partial charge is 0.411 e. The Kier molecular flexibility index (Phi) is 5.60. The molecule has 1 aliphatic rings. The Bertz CT molecular complexity index is 618. The lowest BCUT2D eigenvalue weighted by molar-refractivity contribution is -0.384. The maximum atomic E-state index is 11.9. The molecule has 0 radical (unpaired) electrons. The molecule has 7 nitrogen and oxygen atoms in total. The molecule has 1 fully saturated rings. The van der Waals surface area contributed by atoms with E-state index >= 15 is 0 Å². The number of nitro benzene ring substituents is 1. The Morgan fingerprint density at radius 2 is 2.08 bits per heavy atom. The molecule has 0 atom stereocenters. The van der Waals surface area contributed by atoms with Crippen LogP contribution in [0, 0.1) is 10.1 Å². The number of amides is 1. The van der Waals surface area contributed by atoms with E-state index in [-0.39, 0.29) is 30.4 Å². The van der Waals surface area contributed by atoms with E-state index < -0.39 is 23.6 Å². The van der Waals surface area contributed by atoms with Gasteiger partial charge in [-0.15, -0.1) is 0 Å². The molecule has 24 heavy (non-hydrogen) atoms. The topological polar surface area (TPSA) is 93.5 Å². The van der Waals surface area contributed by atoms with Crippen LogP contribution in [0.15, 0.2) is 18.2 Å². The van der Waals surface area contributed by atoms with Crippen molar-refractivity contribution in [3.05, 3.63) is 33.9 Å². The Morgan fingerprint density at radius 3 is 2.67 bits per heavy atom. The molecule has 0 spiro atoms. The van der Waals surface area contributed by atoms with Gasteiger partial charge in [0.25, 0.3) is 11.6 Å². The first-order valence-corrected chi connectivity index (χ1v) is 7.24. The fourth-order valence-electron chi connectivity index (χ4n) is 1.92. The minimum absolute atomic E-state index is 0.0545. The van der Waals surface area contributed by atoms with Crippen molar-refractivity contribution in [2.45, 2.75) is 25.1 Å². The highest BCUT2D eigenvalue weighted by Crippen LogP contribution is 2.31. The van der Waals surface area contributed by atoms with Gasteiger partial charge in [-0.05, 0) is 25.0 Å². The lowest BCUT2D eigenvalue weighted by Gasteiger charge is -2.10. The highest BCUT2D eigenvalue weighted by molar-refractivity contribution is 5.95. The summed E-state index contributed by atoms with van der Waals surface area (Å²) in [6.45, 7) is -1.84. The first kappa shape index (κ1) is 18.0. The zero-order chi connectivity index (χ0) is 17.7. The third kappa shape index (κ3) is 5.69. The van der Waals surface area contributed by atoms with Crippen molar-refractivity contribution in [3.63, 3.8) is 0 Å². The number of hydrogen-bond acceptors (Lipinski definition) is 5. The van der Waals surface area contributed by atoms with E-state index in [4.69, 9.17) is 0 Å². The summed E-state index contributed by atoms with van der Waals surface area (Å²) in [7, 11) is 0. The second kappa shape index (κ2) is 7.47. The van der Waals surface area contributed by atoms with Crippen molar-refractivity contribution in [3.8, 4) is 0 Å². The molecule has 1 aromatic carbocycles. The predicted molar refractivity (Wildman–Crippen MR) is 78.9 cm³/mol. The van der Waals surface area contributed by atoms with Gasteiger partial charge in [-0.1, -0.05) is 0 Å². The van der Waals surface area contributed by atoms with E-state index in [2.05, 4.69) is 15.4 Å². The molecule has 132 valence electrons. The molecule has 0 bridgehead atoms. The Morgan fingerprint density at radius 1 is 1.38 bits per heavy atom. The number of rotatable bonds is 8. The van der Waals surface area contributed by atoms with Gasteiger partial charge in [-0.2, -0.15) is 13.2 Å². The minimum atomic E-state index is -4.42. The van der Waals surface area contributed by atoms with Gasteiger partial charge in [0.2, 0.25) is 0 Å². The summed E-state index contributed by atoms with van der Waals surface area (Å²) in [5.41, 5.74) is 0.175. The average molecular weight is 347 g/mol. The number of carbonyl (C=O) groups is 1.